The van der Waals surface area contributed by atoms with Gasteiger partial charge in [-0.25, -0.2) is 15.0 Å². The lowest BCUT2D eigenvalue weighted by Crippen LogP contribution is -2.04. The highest BCUT2D eigenvalue weighted by molar-refractivity contribution is 7.25. The third-order valence-corrected chi connectivity index (χ3v) is 12.1. The summed E-state index contributed by atoms with van der Waals surface area (Å²) >= 11 is 1.84. The molecule has 5 heteroatoms. The van der Waals surface area contributed by atoms with Gasteiger partial charge < -0.3 is 4.57 Å². The Morgan fingerprint density at radius 3 is 1.75 bits per heavy atom. The molecule has 0 unspecified atom stereocenters. The normalized spacial score (nSPS) is 11.6. The van der Waals surface area contributed by atoms with Crippen molar-refractivity contribution < 1.29 is 0 Å². The molecule has 3 heterocycles. The first-order valence-corrected chi connectivity index (χ1v) is 20.0. The molecule has 0 N–H and O–H groups in total. The summed E-state index contributed by atoms with van der Waals surface area (Å²) in [5.74, 6) is 1.88. The monoisotopic (exact) mass is 746 g/mol. The van der Waals surface area contributed by atoms with Crippen LogP contribution in [0.15, 0.2) is 188 Å². The van der Waals surface area contributed by atoms with Crippen LogP contribution in [0.2, 0.25) is 0 Å². The summed E-state index contributed by atoms with van der Waals surface area (Å²) in [6.07, 6.45) is 0. The molecule has 0 bridgehead atoms. The van der Waals surface area contributed by atoms with Gasteiger partial charge in [0.2, 0.25) is 0 Å². The number of rotatable bonds is 6. The van der Waals surface area contributed by atoms with Crippen LogP contribution in [0.3, 0.4) is 0 Å². The van der Waals surface area contributed by atoms with E-state index in [1.165, 1.54) is 53.2 Å². The van der Waals surface area contributed by atoms with Gasteiger partial charge in [-0.15, -0.1) is 11.3 Å². The second-order valence-electron chi connectivity index (χ2n) is 14.5. The van der Waals surface area contributed by atoms with E-state index in [1.54, 1.807) is 0 Å². The molecule has 0 saturated heterocycles. The molecule has 0 aliphatic rings. The highest BCUT2D eigenvalue weighted by Crippen LogP contribution is 2.43. The molecule has 0 aliphatic carbocycles. The van der Waals surface area contributed by atoms with Gasteiger partial charge in [0.15, 0.2) is 17.5 Å². The van der Waals surface area contributed by atoms with E-state index in [2.05, 4.69) is 163 Å². The van der Waals surface area contributed by atoms with Gasteiger partial charge >= 0.3 is 0 Å². The van der Waals surface area contributed by atoms with Crippen molar-refractivity contribution in [2.24, 2.45) is 0 Å². The van der Waals surface area contributed by atoms with Crippen molar-refractivity contribution in [3.8, 4) is 62.1 Å². The Morgan fingerprint density at radius 2 is 0.982 bits per heavy atom. The SMILES string of the molecule is Cc1cccc(-c2ccc3c(c2)c2ccccc2n3-c2ccc(-c3cccc4sc5ccccc5c34)cc2-c2nc(-c3ccccc3)nc(-c3ccccc3)n2)c1. The summed E-state index contributed by atoms with van der Waals surface area (Å²) in [7, 11) is 0. The number of nitrogens with zero attached hydrogens (tertiary/aromatic N) is 4. The largest absolute Gasteiger partial charge is 0.309 e. The quantitative estimate of drug-likeness (QED) is 0.170. The summed E-state index contributed by atoms with van der Waals surface area (Å²) in [4.78, 5) is 15.6. The zero-order chi connectivity index (χ0) is 37.9. The van der Waals surface area contributed by atoms with Crippen LogP contribution < -0.4 is 0 Å². The molecule has 268 valence electrons. The molecule has 8 aromatic carbocycles. The fourth-order valence-corrected chi connectivity index (χ4v) is 9.39. The average Bonchev–Trinajstić information content (AvgIpc) is 3.82. The smallest absolute Gasteiger partial charge is 0.166 e. The number of aromatic nitrogens is 4. The molecule has 0 saturated carbocycles. The lowest BCUT2D eigenvalue weighted by Gasteiger charge is -2.17. The lowest BCUT2D eigenvalue weighted by molar-refractivity contribution is 1.06. The fourth-order valence-electron chi connectivity index (χ4n) is 8.26. The molecular formula is C52H34N4S. The van der Waals surface area contributed by atoms with E-state index in [0.717, 1.165) is 39.0 Å². The Balaban J connectivity index is 1.22. The van der Waals surface area contributed by atoms with Crippen LogP contribution in [0, 0.1) is 6.92 Å². The van der Waals surface area contributed by atoms with Crippen molar-refractivity contribution >= 4 is 53.3 Å². The molecule has 57 heavy (non-hydrogen) atoms. The zero-order valence-corrected chi connectivity index (χ0v) is 31.9. The standard InChI is InChI=1S/C52H34N4S/c1-33-14-12-19-36(30-33)37-26-28-45-42(31-37)40-20-8-10-23-44(40)56(45)46-29-27-38(39-22-13-25-48-49(39)41-21-9-11-24-47(41)57-48)32-43(46)52-54-50(34-15-4-2-5-16-34)53-51(55-52)35-17-6-3-7-18-35/h2-32H,1H3. The minimum atomic E-state index is 0.615. The molecule has 3 aromatic heterocycles. The van der Waals surface area contributed by atoms with Gasteiger partial charge in [0.25, 0.3) is 0 Å². The third-order valence-electron chi connectivity index (χ3n) is 10.9. The molecule has 0 amide bonds. The first kappa shape index (κ1) is 33.2. The van der Waals surface area contributed by atoms with Crippen LogP contribution in [0.4, 0.5) is 0 Å². The van der Waals surface area contributed by atoms with Gasteiger partial charge in [-0.1, -0.05) is 151 Å². The van der Waals surface area contributed by atoms with Crippen LogP contribution in [0.1, 0.15) is 5.56 Å². The summed E-state index contributed by atoms with van der Waals surface area (Å²) < 4.78 is 4.94. The van der Waals surface area contributed by atoms with E-state index in [1.807, 2.05) is 47.7 Å². The number of thiophene rings is 1. The first-order chi connectivity index (χ1) is 28.2. The molecule has 4 nitrogen and oxygen atoms in total. The maximum absolute atomic E-state index is 5.30. The molecule has 0 radical (unpaired) electrons. The Hall–Kier alpha value is -7.21. The Kier molecular flexibility index (Phi) is 7.86. The van der Waals surface area contributed by atoms with E-state index in [9.17, 15) is 0 Å². The molecule has 0 atom stereocenters. The number of fused-ring (bicyclic) bond motifs is 6. The van der Waals surface area contributed by atoms with Gasteiger partial charge in [0.1, 0.15) is 0 Å². The minimum Gasteiger partial charge on any atom is -0.309 e. The second-order valence-corrected chi connectivity index (χ2v) is 15.6. The van der Waals surface area contributed by atoms with Crippen molar-refractivity contribution in [3.05, 3.63) is 194 Å². The van der Waals surface area contributed by atoms with Crippen LogP contribution in [-0.4, -0.2) is 19.5 Å². The van der Waals surface area contributed by atoms with E-state index < -0.39 is 0 Å². The van der Waals surface area contributed by atoms with Crippen molar-refractivity contribution in [1.82, 2.24) is 19.5 Å². The maximum Gasteiger partial charge on any atom is 0.166 e. The predicted molar refractivity (Wildman–Crippen MR) is 239 cm³/mol. The first-order valence-electron chi connectivity index (χ1n) is 19.2. The van der Waals surface area contributed by atoms with Crippen molar-refractivity contribution in [2.45, 2.75) is 6.92 Å². The number of hydrogen-bond donors (Lipinski definition) is 0. The van der Waals surface area contributed by atoms with Crippen LogP contribution in [0.25, 0.3) is 104 Å². The highest BCUT2D eigenvalue weighted by atomic mass is 32.1. The van der Waals surface area contributed by atoms with E-state index in [0.29, 0.717) is 17.5 Å². The van der Waals surface area contributed by atoms with Crippen LogP contribution in [-0.2, 0) is 0 Å². The second kappa shape index (κ2) is 13.5. The molecule has 0 aliphatic heterocycles. The van der Waals surface area contributed by atoms with Gasteiger partial charge in [0.05, 0.1) is 16.7 Å². The molecule has 0 spiro atoms. The summed E-state index contributed by atoms with van der Waals surface area (Å²) in [5.41, 5.74) is 12.0. The predicted octanol–water partition coefficient (Wildman–Crippen LogP) is 14.0. The summed E-state index contributed by atoms with van der Waals surface area (Å²) in [6.45, 7) is 2.15. The number of para-hydroxylation sites is 1. The van der Waals surface area contributed by atoms with E-state index in [-0.39, 0.29) is 0 Å². The zero-order valence-electron chi connectivity index (χ0n) is 31.1. The van der Waals surface area contributed by atoms with E-state index >= 15 is 0 Å². The number of benzene rings is 8. The molecule has 0 fully saturated rings. The number of hydrogen-bond acceptors (Lipinski definition) is 4. The Morgan fingerprint density at radius 1 is 0.386 bits per heavy atom. The topological polar surface area (TPSA) is 43.6 Å². The van der Waals surface area contributed by atoms with Gasteiger partial charge in [0, 0.05) is 47.6 Å². The van der Waals surface area contributed by atoms with Gasteiger partial charge in [-0.3, -0.25) is 0 Å². The van der Waals surface area contributed by atoms with E-state index in [4.69, 9.17) is 15.0 Å². The van der Waals surface area contributed by atoms with Crippen molar-refractivity contribution in [2.75, 3.05) is 0 Å². The third kappa shape index (κ3) is 5.71. The van der Waals surface area contributed by atoms with Gasteiger partial charge in [-0.05, 0) is 71.6 Å². The van der Waals surface area contributed by atoms with Crippen molar-refractivity contribution in [3.63, 3.8) is 0 Å². The minimum absolute atomic E-state index is 0.615. The maximum atomic E-state index is 5.30. The number of aryl methyl sites for hydroxylation is 1. The fraction of sp³-hybridized carbons (Fsp3) is 0.0192. The summed E-state index contributed by atoms with van der Waals surface area (Å²) in [6, 6.07) is 66.8. The van der Waals surface area contributed by atoms with Crippen molar-refractivity contribution in [1.29, 1.82) is 0 Å². The highest BCUT2D eigenvalue weighted by Gasteiger charge is 2.21. The molecule has 11 rings (SSSR count). The molecular weight excluding hydrogens is 713 g/mol. The van der Waals surface area contributed by atoms with Gasteiger partial charge in [-0.2, -0.15) is 0 Å². The van der Waals surface area contributed by atoms with Crippen LogP contribution in [0.5, 0.6) is 0 Å². The Bertz CT molecular complexity index is 3250. The average molecular weight is 747 g/mol. The van der Waals surface area contributed by atoms with Crippen LogP contribution >= 0.6 is 11.3 Å². The molecule has 11 aromatic rings. The lowest BCUT2D eigenvalue weighted by atomic mass is 9.96. The Labute approximate surface area is 334 Å². The summed E-state index contributed by atoms with van der Waals surface area (Å²) in [5, 5.41) is 4.92.